The largest absolute Gasteiger partial charge is 0.352 e. The lowest BCUT2D eigenvalue weighted by Crippen LogP contribution is -2.50. The fourth-order valence-electron chi connectivity index (χ4n) is 3.78. The number of rotatable bonds is 3. The molecule has 2 aliphatic rings. The molecule has 3 nitrogen and oxygen atoms in total. The summed E-state index contributed by atoms with van der Waals surface area (Å²) in [6.07, 6.45) is 3.22. The molecule has 2 fully saturated rings. The Bertz CT molecular complexity index is 432. The zero-order valence-corrected chi connectivity index (χ0v) is 12.8. The maximum Gasteiger partial charge on any atom is 0.228 e. The van der Waals surface area contributed by atoms with E-state index >= 15 is 0 Å². The molecular formula is C14H20BrNO2. The molecule has 0 aromatic heterocycles. The van der Waals surface area contributed by atoms with Crippen LogP contribution in [0.25, 0.3) is 0 Å². The van der Waals surface area contributed by atoms with Crippen molar-refractivity contribution < 1.29 is 9.59 Å². The third-order valence-corrected chi connectivity index (χ3v) is 6.73. The van der Waals surface area contributed by atoms with Gasteiger partial charge >= 0.3 is 0 Å². The number of hydrogen-bond acceptors (Lipinski definition) is 2. The van der Waals surface area contributed by atoms with Gasteiger partial charge in [-0.05, 0) is 18.3 Å². The van der Waals surface area contributed by atoms with Gasteiger partial charge in [-0.15, -0.1) is 6.58 Å². The van der Waals surface area contributed by atoms with E-state index in [1.54, 1.807) is 6.08 Å². The molecule has 0 aromatic rings. The monoisotopic (exact) mass is 313 g/mol. The van der Waals surface area contributed by atoms with Crippen molar-refractivity contribution in [2.75, 3.05) is 6.54 Å². The Kier molecular flexibility index (Phi) is 3.01. The highest BCUT2D eigenvalue weighted by molar-refractivity contribution is 9.10. The molecule has 2 aliphatic carbocycles. The molecule has 0 aliphatic heterocycles. The van der Waals surface area contributed by atoms with E-state index in [1.807, 2.05) is 20.8 Å². The lowest BCUT2D eigenvalue weighted by molar-refractivity contribution is -0.135. The van der Waals surface area contributed by atoms with Gasteiger partial charge in [0, 0.05) is 12.0 Å². The number of carbonyl (C=O) groups excluding carboxylic acids is 2. The first kappa shape index (κ1) is 13.8. The molecule has 18 heavy (non-hydrogen) atoms. The highest BCUT2D eigenvalue weighted by Crippen LogP contribution is 2.72. The van der Waals surface area contributed by atoms with Crippen LogP contribution in [-0.2, 0) is 9.59 Å². The van der Waals surface area contributed by atoms with Crippen molar-refractivity contribution in [3.8, 4) is 0 Å². The van der Waals surface area contributed by atoms with E-state index in [9.17, 15) is 9.59 Å². The van der Waals surface area contributed by atoms with Crippen LogP contribution >= 0.6 is 15.9 Å². The average molecular weight is 314 g/mol. The summed E-state index contributed by atoms with van der Waals surface area (Å²) in [6.45, 7) is 10.2. The summed E-state index contributed by atoms with van der Waals surface area (Å²) in [5.74, 6) is 0.149. The topological polar surface area (TPSA) is 46.2 Å². The van der Waals surface area contributed by atoms with E-state index in [0.29, 0.717) is 6.54 Å². The highest BCUT2D eigenvalue weighted by Gasteiger charge is 2.76. The second-order valence-corrected chi connectivity index (χ2v) is 7.07. The standard InChI is InChI=1S/C14H20BrNO2/c1-5-8-16-11(18)14-7-6-13(4,12(14,2)3)10(17)9(14)15/h5,9H,1,6-8H2,2-4H3,(H,16,18)/t9-,13+,14+/m1/s1. The van der Waals surface area contributed by atoms with Crippen LogP contribution in [0.5, 0.6) is 0 Å². The molecular weight excluding hydrogens is 294 g/mol. The molecule has 4 heteroatoms. The predicted octanol–water partition coefficient (Wildman–Crippen LogP) is 2.45. The van der Waals surface area contributed by atoms with Crippen molar-refractivity contribution in [2.45, 2.75) is 38.4 Å². The molecule has 1 amide bonds. The van der Waals surface area contributed by atoms with Gasteiger partial charge in [0.1, 0.15) is 0 Å². The minimum atomic E-state index is -0.623. The number of nitrogens with one attached hydrogen (secondary N) is 1. The fourth-order valence-corrected chi connectivity index (χ4v) is 5.29. The van der Waals surface area contributed by atoms with E-state index in [2.05, 4.69) is 27.8 Å². The molecule has 2 saturated carbocycles. The molecule has 2 rings (SSSR count). The number of halogens is 1. The number of carbonyl (C=O) groups is 2. The third kappa shape index (κ3) is 1.25. The molecule has 2 bridgehead atoms. The smallest absolute Gasteiger partial charge is 0.228 e. The summed E-state index contributed by atoms with van der Waals surface area (Å²) >= 11 is 3.49. The van der Waals surface area contributed by atoms with Crippen LogP contribution in [0.15, 0.2) is 12.7 Å². The normalized spacial score (nSPS) is 40.9. The van der Waals surface area contributed by atoms with Crippen molar-refractivity contribution in [2.24, 2.45) is 16.2 Å². The summed E-state index contributed by atoms with van der Waals surface area (Å²) in [7, 11) is 0. The quantitative estimate of drug-likeness (QED) is 0.642. The van der Waals surface area contributed by atoms with Crippen LogP contribution in [0.2, 0.25) is 0 Å². The second kappa shape index (κ2) is 3.92. The van der Waals surface area contributed by atoms with Crippen molar-refractivity contribution in [1.82, 2.24) is 5.32 Å². The number of alkyl halides is 1. The Morgan fingerprint density at radius 3 is 2.56 bits per heavy atom. The Morgan fingerprint density at radius 1 is 1.50 bits per heavy atom. The molecule has 0 spiro atoms. The summed E-state index contributed by atoms with van der Waals surface area (Å²) in [5, 5.41) is 2.88. The first-order valence-electron chi connectivity index (χ1n) is 6.33. The number of amides is 1. The van der Waals surface area contributed by atoms with Crippen LogP contribution in [0.3, 0.4) is 0 Å². The molecule has 0 aromatic carbocycles. The van der Waals surface area contributed by atoms with Crippen LogP contribution in [-0.4, -0.2) is 23.1 Å². The molecule has 0 heterocycles. The van der Waals surface area contributed by atoms with Crippen molar-refractivity contribution in [3.05, 3.63) is 12.7 Å². The number of fused-ring (bicyclic) bond motifs is 2. The molecule has 3 atom stereocenters. The average Bonchev–Trinajstić information content (AvgIpc) is 2.59. The van der Waals surface area contributed by atoms with Gasteiger partial charge in [0.05, 0.1) is 10.2 Å². The first-order valence-corrected chi connectivity index (χ1v) is 7.25. The summed E-state index contributed by atoms with van der Waals surface area (Å²) in [6, 6.07) is 0. The Balaban J connectivity index is 2.46. The minimum Gasteiger partial charge on any atom is -0.352 e. The third-order valence-electron chi connectivity index (χ3n) is 5.53. The molecule has 0 saturated heterocycles. The minimum absolute atomic E-state index is 0.0242. The van der Waals surface area contributed by atoms with Gasteiger partial charge in [-0.3, -0.25) is 9.59 Å². The lowest BCUT2D eigenvalue weighted by atomic mass is 9.64. The number of ketones is 1. The van der Waals surface area contributed by atoms with E-state index in [0.717, 1.165) is 12.8 Å². The Morgan fingerprint density at radius 2 is 2.11 bits per heavy atom. The SMILES string of the molecule is C=CCNC(=O)[C@]12CC[C@@](C)(C(=O)[C@H]1Br)C2(C)C. The zero-order chi connectivity index (χ0) is 13.8. The van der Waals surface area contributed by atoms with Crippen LogP contribution in [0, 0.1) is 16.2 Å². The van der Waals surface area contributed by atoms with Crippen molar-refractivity contribution in [1.29, 1.82) is 0 Å². The van der Waals surface area contributed by atoms with Gasteiger partial charge in [-0.25, -0.2) is 0 Å². The maximum absolute atomic E-state index is 12.6. The van der Waals surface area contributed by atoms with Gasteiger partial charge < -0.3 is 5.32 Å². The fraction of sp³-hybridized carbons (Fsp3) is 0.714. The molecule has 0 unspecified atom stereocenters. The van der Waals surface area contributed by atoms with Gasteiger partial charge in [0.25, 0.3) is 0 Å². The van der Waals surface area contributed by atoms with E-state index in [-0.39, 0.29) is 21.9 Å². The Hall–Kier alpha value is -0.640. The van der Waals surface area contributed by atoms with Crippen molar-refractivity contribution in [3.63, 3.8) is 0 Å². The van der Waals surface area contributed by atoms with E-state index in [4.69, 9.17) is 0 Å². The van der Waals surface area contributed by atoms with Gasteiger partial charge in [-0.1, -0.05) is 42.8 Å². The van der Waals surface area contributed by atoms with E-state index in [1.165, 1.54) is 0 Å². The van der Waals surface area contributed by atoms with Crippen LogP contribution in [0.1, 0.15) is 33.6 Å². The van der Waals surface area contributed by atoms with E-state index < -0.39 is 10.8 Å². The first-order chi connectivity index (χ1) is 8.25. The predicted molar refractivity (Wildman–Crippen MR) is 74.5 cm³/mol. The van der Waals surface area contributed by atoms with Gasteiger partial charge in [-0.2, -0.15) is 0 Å². The Labute approximate surface area is 117 Å². The number of Topliss-reactive ketones (excluding diaryl/α,β-unsaturated/α-hetero) is 1. The zero-order valence-electron chi connectivity index (χ0n) is 11.2. The lowest BCUT2D eigenvalue weighted by Gasteiger charge is -2.39. The van der Waals surface area contributed by atoms with Gasteiger partial charge in [0.15, 0.2) is 5.78 Å². The molecule has 0 radical (unpaired) electrons. The summed E-state index contributed by atoms with van der Waals surface area (Å²) in [4.78, 5) is 24.6. The second-order valence-electron chi connectivity index (χ2n) is 6.15. The maximum atomic E-state index is 12.6. The molecule has 1 N–H and O–H groups in total. The van der Waals surface area contributed by atoms with Gasteiger partial charge in [0.2, 0.25) is 5.91 Å². The summed E-state index contributed by atoms with van der Waals surface area (Å²) < 4.78 is 0. The molecule has 100 valence electrons. The summed E-state index contributed by atoms with van der Waals surface area (Å²) in [5.41, 5.74) is -1.34. The van der Waals surface area contributed by atoms with Crippen LogP contribution in [0.4, 0.5) is 0 Å². The highest BCUT2D eigenvalue weighted by atomic mass is 79.9. The number of hydrogen-bond donors (Lipinski definition) is 1. The van der Waals surface area contributed by atoms with Crippen molar-refractivity contribution >= 4 is 27.6 Å². The van der Waals surface area contributed by atoms with Crippen LogP contribution < -0.4 is 5.32 Å².